The Kier molecular flexibility index (Phi) is 3.09. The van der Waals surface area contributed by atoms with Gasteiger partial charge in [-0.15, -0.1) is 0 Å². The molecule has 1 atom stereocenters. The van der Waals surface area contributed by atoms with Crippen molar-refractivity contribution in [2.45, 2.75) is 6.04 Å². The Bertz CT molecular complexity index is 515. The summed E-state index contributed by atoms with van der Waals surface area (Å²) in [6, 6.07) is 1.92. The summed E-state index contributed by atoms with van der Waals surface area (Å²) in [6.45, 7) is 0.271. The lowest BCUT2D eigenvalue weighted by molar-refractivity contribution is 0.171. The first-order chi connectivity index (χ1) is 7.61. The van der Waals surface area contributed by atoms with Crippen molar-refractivity contribution in [3.8, 4) is 0 Å². The van der Waals surface area contributed by atoms with Crippen LogP contribution in [0.5, 0.6) is 0 Å². The maximum atomic E-state index is 13.0. The lowest BCUT2D eigenvalue weighted by Gasteiger charge is -2.03. The number of nitrogens with two attached hydrogens (primary N) is 1. The molecule has 2 rings (SSSR count). The number of nitrogens with zero attached hydrogens (tertiary/aromatic N) is 1. The van der Waals surface area contributed by atoms with Gasteiger partial charge in [0, 0.05) is 13.2 Å². The molecule has 1 aromatic heterocycles. The van der Waals surface area contributed by atoms with Crippen LogP contribution in [0, 0.1) is 5.82 Å². The Hall–Kier alpha value is -1.17. The number of methoxy groups -OCH3 is 1. The van der Waals surface area contributed by atoms with Gasteiger partial charge in [-0.05, 0) is 6.07 Å². The lowest BCUT2D eigenvalue weighted by atomic mass is 10.3. The number of halogens is 2. The van der Waals surface area contributed by atoms with Crippen molar-refractivity contribution in [2.75, 3.05) is 13.7 Å². The van der Waals surface area contributed by atoms with Crippen molar-refractivity contribution < 1.29 is 13.5 Å². The van der Waals surface area contributed by atoms with Gasteiger partial charge in [-0.3, -0.25) is 0 Å². The predicted molar refractivity (Wildman–Crippen MR) is 57.8 cm³/mol. The molecule has 6 heteroatoms. The van der Waals surface area contributed by atoms with Crippen molar-refractivity contribution in [3.05, 3.63) is 28.9 Å². The summed E-state index contributed by atoms with van der Waals surface area (Å²) in [6.07, 6.45) is 0. The van der Waals surface area contributed by atoms with E-state index in [1.807, 2.05) is 0 Å². The van der Waals surface area contributed by atoms with E-state index in [1.165, 1.54) is 19.2 Å². The monoisotopic (exact) mass is 244 g/mol. The molecule has 0 aliphatic rings. The molecular weight excluding hydrogens is 235 g/mol. The van der Waals surface area contributed by atoms with Crippen LogP contribution in [0.4, 0.5) is 4.39 Å². The maximum absolute atomic E-state index is 13.0. The van der Waals surface area contributed by atoms with Crippen molar-refractivity contribution in [2.24, 2.45) is 5.73 Å². The molecule has 1 heterocycles. The average molecular weight is 245 g/mol. The Morgan fingerprint density at radius 2 is 2.38 bits per heavy atom. The zero-order chi connectivity index (χ0) is 11.7. The first-order valence-corrected chi connectivity index (χ1v) is 4.99. The molecule has 2 aromatic rings. The molecule has 0 fully saturated rings. The highest BCUT2D eigenvalue weighted by Gasteiger charge is 2.16. The van der Waals surface area contributed by atoms with Gasteiger partial charge in [0.1, 0.15) is 17.4 Å². The smallest absolute Gasteiger partial charge is 0.214 e. The molecule has 0 aliphatic heterocycles. The van der Waals surface area contributed by atoms with Gasteiger partial charge in [0.05, 0.1) is 11.6 Å². The molecule has 0 spiro atoms. The minimum absolute atomic E-state index is 0.179. The quantitative estimate of drug-likeness (QED) is 0.900. The summed E-state index contributed by atoms with van der Waals surface area (Å²) >= 11 is 5.81. The van der Waals surface area contributed by atoms with Crippen LogP contribution in [0.25, 0.3) is 11.1 Å². The van der Waals surface area contributed by atoms with Crippen molar-refractivity contribution in [3.63, 3.8) is 0 Å². The summed E-state index contributed by atoms with van der Waals surface area (Å²) in [4.78, 5) is 4.06. The van der Waals surface area contributed by atoms with Crippen molar-refractivity contribution in [1.29, 1.82) is 0 Å². The zero-order valence-corrected chi connectivity index (χ0v) is 9.29. The second-order valence-corrected chi connectivity index (χ2v) is 3.76. The molecule has 86 valence electrons. The van der Waals surface area contributed by atoms with Crippen LogP contribution in [0.3, 0.4) is 0 Å². The molecule has 4 nitrogen and oxygen atoms in total. The predicted octanol–water partition coefficient (Wildman–Crippen LogP) is 2.27. The van der Waals surface area contributed by atoms with E-state index in [2.05, 4.69) is 4.98 Å². The third-order valence-corrected chi connectivity index (χ3v) is 2.37. The Labute approximate surface area is 96.1 Å². The van der Waals surface area contributed by atoms with Gasteiger partial charge in [0.25, 0.3) is 0 Å². The van der Waals surface area contributed by atoms with Gasteiger partial charge in [-0.25, -0.2) is 9.37 Å². The Morgan fingerprint density at radius 3 is 3.06 bits per heavy atom. The summed E-state index contributed by atoms with van der Waals surface area (Å²) in [5, 5.41) is 0.179. The van der Waals surface area contributed by atoms with Crippen LogP contribution in [-0.2, 0) is 4.74 Å². The second kappa shape index (κ2) is 4.37. The van der Waals surface area contributed by atoms with E-state index in [9.17, 15) is 4.39 Å². The van der Waals surface area contributed by atoms with E-state index >= 15 is 0 Å². The SMILES string of the molecule is COCC(N)c1nc2cc(F)cc(Cl)c2o1. The molecule has 0 saturated carbocycles. The third-order valence-electron chi connectivity index (χ3n) is 2.09. The van der Waals surface area contributed by atoms with Gasteiger partial charge in [0.2, 0.25) is 5.89 Å². The first kappa shape index (κ1) is 11.3. The molecule has 1 unspecified atom stereocenters. The number of oxazole rings is 1. The molecule has 16 heavy (non-hydrogen) atoms. The normalized spacial score (nSPS) is 13.2. The summed E-state index contributed by atoms with van der Waals surface area (Å²) in [5.74, 6) is -0.179. The highest BCUT2D eigenvalue weighted by Crippen LogP contribution is 2.27. The van der Waals surface area contributed by atoms with E-state index in [0.717, 1.165) is 0 Å². The Balaban J connectivity index is 2.47. The van der Waals surface area contributed by atoms with Crippen molar-refractivity contribution in [1.82, 2.24) is 4.98 Å². The van der Waals surface area contributed by atoms with Crippen LogP contribution in [0.1, 0.15) is 11.9 Å². The first-order valence-electron chi connectivity index (χ1n) is 4.62. The highest BCUT2D eigenvalue weighted by atomic mass is 35.5. The zero-order valence-electron chi connectivity index (χ0n) is 8.54. The fourth-order valence-electron chi connectivity index (χ4n) is 1.39. The largest absolute Gasteiger partial charge is 0.437 e. The topological polar surface area (TPSA) is 61.3 Å². The second-order valence-electron chi connectivity index (χ2n) is 3.35. The van der Waals surface area contributed by atoms with Crippen LogP contribution < -0.4 is 5.73 Å². The average Bonchev–Trinajstić information content (AvgIpc) is 2.62. The standard InChI is InChI=1S/C10H10ClFN2O2/c1-15-4-7(13)10-14-8-3-5(12)2-6(11)9(8)16-10/h2-3,7H,4,13H2,1H3. The molecule has 0 bridgehead atoms. The summed E-state index contributed by atoms with van der Waals surface area (Å²) in [7, 11) is 1.52. The summed E-state index contributed by atoms with van der Waals surface area (Å²) < 4.78 is 23.3. The fraction of sp³-hybridized carbons (Fsp3) is 0.300. The summed E-state index contributed by atoms with van der Waals surface area (Å²) in [5.41, 5.74) is 6.43. The number of hydrogen-bond acceptors (Lipinski definition) is 4. The molecular formula is C10H10ClFN2O2. The van der Waals surface area contributed by atoms with Crippen LogP contribution >= 0.6 is 11.6 Å². The van der Waals surface area contributed by atoms with Gasteiger partial charge in [-0.1, -0.05) is 11.6 Å². The maximum Gasteiger partial charge on any atom is 0.214 e. The van der Waals surface area contributed by atoms with Crippen LogP contribution in [0.15, 0.2) is 16.5 Å². The molecule has 0 amide bonds. The van der Waals surface area contributed by atoms with E-state index in [0.29, 0.717) is 11.1 Å². The molecule has 1 aromatic carbocycles. The van der Waals surface area contributed by atoms with E-state index < -0.39 is 11.9 Å². The molecule has 0 saturated heterocycles. The highest BCUT2D eigenvalue weighted by molar-refractivity contribution is 6.34. The third kappa shape index (κ3) is 2.02. The number of rotatable bonds is 3. The molecule has 0 aliphatic carbocycles. The molecule has 0 radical (unpaired) electrons. The van der Waals surface area contributed by atoms with E-state index in [4.69, 9.17) is 26.5 Å². The molecule has 2 N–H and O–H groups in total. The van der Waals surface area contributed by atoms with E-state index in [-0.39, 0.29) is 17.5 Å². The fourth-order valence-corrected chi connectivity index (χ4v) is 1.63. The van der Waals surface area contributed by atoms with Gasteiger partial charge >= 0.3 is 0 Å². The minimum Gasteiger partial charge on any atom is -0.437 e. The van der Waals surface area contributed by atoms with Crippen LogP contribution in [0.2, 0.25) is 5.02 Å². The number of benzene rings is 1. The number of hydrogen-bond donors (Lipinski definition) is 1. The number of aromatic nitrogens is 1. The van der Waals surface area contributed by atoms with Gasteiger partial charge in [-0.2, -0.15) is 0 Å². The van der Waals surface area contributed by atoms with E-state index in [1.54, 1.807) is 0 Å². The lowest BCUT2D eigenvalue weighted by Crippen LogP contribution is -2.16. The van der Waals surface area contributed by atoms with Crippen LogP contribution in [-0.4, -0.2) is 18.7 Å². The Morgan fingerprint density at radius 1 is 1.62 bits per heavy atom. The van der Waals surface area contributed by atoms with Gasteiger partial charge < -0.3 is 14.9 Å². The number of ether oxygens (including phenoxy) is 1. The minimum atomic E-state index is -0.489. The van der Waals surface area contributed by atoms with Gasteiger partial charge in [0.15, 0.2) is 5.58 Å². The number of fused-ring (bicyclic) bond motifs is 1. The van der Waals surface area contributed by atoms with Crippen molar-refractivity contribution >= 4 is 22.7 Å².